The summed E-state index contributed by atoms with van der Waals surface area (Å²) in [5, 5.41) is 4.99. The van der Waals surface area contributed by atoms with E-state index in [0.717, 1.165) is 6.42 Å². The van der Waals surface area contributed by atoms with Gasteiger partial charge in [0.15, 0.2) is 0 Å². The summed E-state index contributed by atoms with van der Waals surface area (Å²) in [7, 11) is 0. The standard InChI is InChI=1S/C10H15NOS2/c1-8(11-10(12)4-5-13)7-9-3-2-6-14-9/h2-3,6,8,13H,4-5,7H2,1H3,(H,11,12). The van der Waals surface area contributed by atoms with Crippen molar-refractivity contribution >= 4 is 29.9 Å². The Morgan fingerprint density at radius 1 is 1.71 bits per heavy atom. The molecule has 0 saturated heterocycles. The van der Waals surface area contributed by atoms with Crippen LogP contribution in [-0.4, -0.2) is 17.7 Å². The second kappa shape index (κ2) is 6.09. The molecule has 0 spiro atoms. The molecule has 4 heteroatoms. The van der Waals surface area contributed by atoms with Gasteiger partial charge in [-0.1, -0.05) is 6.07 Å². The van der Waals surface area contributed by atoms with Gasteiger partial charge in [0.25, 0.3) is 0 Å². The van der Waals surface area contributed by atoms with E-state index in [2.05, 4.69) is 29.4 Å². The van der Waals surface area contributed by atoms with Crippen molar-refractivity contribution in [1.82, 2.24) is 5.32 Å². The highest BCUT2D eigenvalue weighted by molar-refractivity contribution is 7.80. The van der Waals surface area contributed by atoms with Crippen molar-refractivity contribution in [2.75, 3.05) is 5.75 Å². The average molecular weight is 229 g/mol. The van der Waals surface area contributed by atoms with Gasteiger partial charge in [-0.15, -0.1) is 11.3 Å². The van der Waals surface area contributed by atoms with Gasteiger partial charge in [-0.2, -0.15) is 12.6 Å². The van der Waals surface area contributed by atoms with Crippen LogP contribution in [-0.2, 0) is 11.2 Å². The minimum atomic E-state index is 0.0871. The summed E-state index contributed by atoms with van der Waals surface area (Å²) in [6, 6.07) is 4.33. The molecule has 0 radical (unpaired) electrons. The van der Waals surface area contributed by atoms with Crippen molar-refractivity contribution in [3.8, 4) is 0 Å². The van der Waals surface area contributed by atoms with E-state index in [9.17, 15) is 4.79 Å². The van der Waals surface area contributed by atoms with Gasteiger partial charge in [0.1, 0.15) is 0 Å². The zero-order valence-electron chi connectivity index (χ0n) is 8.19. The monoisotopic (exact) mass is 229 g/mol. The summed E-state index contributed by atoms with van der Waals surface area (Å²) in [6.07, 6.45) is 1.41. The van der Waals surface area contributed by atoms with E-state index in [1.807, 2.05) is 13.0 Å². The highest BCUT2D eigenvalue weighted by Crippen LogP contribution is 2.10. The van der Waals surface area contributed by atoms with Crippen LogP contribution in [0.2, 0.25) is 0 Å². The second-order valence-corrected chi connectivity index (χ2v) is 4.71. The van der Waals surface area contributed by atoms with Gasteiger partial charge >= 0.3 is 0 Å². The van der Waals surface area contributed by atoms with E-state index in [1.165, 1.54) is 4.88 Å². The molecule has 0 fully saturated rings. The van der Waals surface area contributed by atoms with Crippen molar-refractivity contribution in [2.45, 2.75) is 25.8 Å². The average Bonchev–Trinajstić information content (AvgIpc) is 2.56. The molecule has 1 aromatic rings. The third-order valence-corrected chi connectivity index (χ3v) is 2.96. The molecule has 1 unspecified atom stereocenters. The lowest BCUT2D eigenvalue weighted by Crippen LogP contribution is -2.33. The molecule has 0 bridgehead atoms. The highest BCUT2D eigenvalue weighted by atomic mass is 32.1. The molecule has 1 heterocycles. The Kier molecular flexibility index (Phi) is 5.04. The number of hydrogen-bond donors (Lipinski definition) is 2. The van der Waals surface area contributed by atoms with Crippen molar-refractivity contribution in [3.05, 3.63) is 22.4 Å². The van der Waals surface area contributed by atoms with Gasteiger partial charge in [-0.05, 0) is 24.1 Å². The van der Waals surface area contributed by atoms with Gasteiger partial charge in [-0.25, -0.2) is 0 Å². The molecular weight excluding hydrogens is 214 g/mol. The predicted molar refractivity (Wildman–Crippen MR) is 64.1 cm³/mol. The van der Waals surface area contributed by atoms with E-state index in [1.54, 1.807) is 11.3 Å². The number of hydrogen-bond acceptors (Lipinski definition) is 3. The number of rotatable bonds is 5. The fourth-order valence-corrected chi connectivity index (χ4v) is 2.27. The van der Waals surface area contributed by atoms with Gasteiger partial charge in [0, 0.05) is 23.8 Å². The Morgan fingerprint density at radius 3 is 3.07 bits per heavy atom. The Labute approximate surface area is 94.1 Å². The first-order valence-corrected chi connectivity index (χ1v) is 6.16. The zero-order chi connectivity index (χ0) is 10.4. The molecule has 0 aliphatic rings. The molecule has 78 valence electrons. The first-order chi connectivity index (χ1) is 6.72. The number of thiophene rings is 1. The van der Waals surface area contributed by atoms with Crippen molar-refractivity contribution in [1.29, 1.82) is 0 Å². The molecule has 1 aromatic heterocycles. The molecule has 0 aliphatic carbocycles. The quantitative estimate of drug-likeness (QED) is 0.744. The lowest BCUT2D eigenvalue weighted by Gasteiger charge is -2.12. The van der Waals surface area contributed by atoms with Gasteiger partial charge in [0.2, 0.25) is 5.91 Å². The number of carbonyl (C=O) groups is 1. The van der Waals surface area contributed by atoms with E-state index in [4.69, 9.17) is 0 Å². The van der Waals surface area contributed by atoms with Gasteiger partial charge in [-0.3, -0.25) is 4.79 Å². The van der Waals surface area contributed by atoms with Crippen LogP contribution in [0.1, 0.15) is 18.2 Å². The molecule has 1 N–H and O–H groups in total. The summed E-state index contributed by atoms with van der Waals surface area (Å²) < 4.78 is 0. The van der Waals surface area contributed by atoms with Crippen molar-refractivity contribution < 1.29 is 4.79 Å². The third kappa shape index (κ3) is 4.15. The van der Waals surface area contributed by atoms with Crippen LogP contribution in [0, 0.1) is 0 Å². The Balaban J connectivity index is 2.29. The van der Waals surface area contributed by atoms with Crippen LogP contribution < -0.4 is 5.32 Å². The van der Waals surface area contributed by atoms with E-state index >= 15 is 0 Å². The summed E-state index contributed by atoms with van der Waals surface area (Å²) >= 11 is 5.74. The summed E-state index contributed by atoms with van der Waals surface area (Å²) in [5.41, 5.74) is 0. The Hall–Kier alpha value is -0.480. The van der Waals surface area contributed by atoms with Gasteiger partial charge in [0.05, 0.1) is 0 Å². The first-order valence-electron chi connectivity index (χ1n) is 4.65. The Morgan fingerprint density at radius 2 is 2.50 bits per heavy atom. The molecular formula is C10H15NOS2. The van der Waals surface area contributed by atoms with Crippen LogP contribution in [0.4, 0.5) is 0 Å². The maximum Gasteiger partial charge on any atom is 0.221 e. The summed E-state index contributed by atoms with van der Waals surface area (Å²) in [5.74, 6) is 0.696. The van der Waals surface area contributed by atoms with Crippen molar-refractivity contribution in [2.24, 2.45) is 0 Å². The number of amides is 1. The molecule has 1 rings (SSSR count). The highest BCUT2D eigenvalue weighted by Gasteiger charge is 2.07. The summed E-state index contributed by atoms with van der Waals surface area (Å²) in [4.78, 5) is 12.5. The van der Waals surface area contributed by atoms with Crippen molar-refractivity contribution in [3.63, 3.8) is 0 Å². The maximum atomic E-state index is 11.2. The number of carbonyl (C=O) groups excluding carboxylic acids is 1. The van der Waals surface area contributed by atoms with E-state index in [-0.39, 0.29) is 11.9 Å². The number of thiol groups is 1. The summed E-state index contributed by atoms with van der Waals surface area (Å²) in [6.45, 7) is 2.02. The van der Waals surface area contributed by atoms with E-state index < -0.39 is 0 Å². The van der Waals surface area contributed by atoms with Crippen LogP contribution in [0.3, 0.4) is 0 Å². The molecule has 1 amide bonds. The lowest BCUT2D eigenvalue weighted by molar-refractivity contribution is -0.121. The third-order valence-electron chi connectivity index (χ3n) is 1.83. The molecule has 2 nitrogen and oxygen atoms in total. The fraction of sp³-hybridized carbons (Fsp3) is 0.500. The zero-order valence-corrected chi connectivity index (χ0v) is 9.91. The molecule has 1 atom stereocenters. The fourth-order valence-electron chi connectivity index (χ4n) is 1.23. The normalized spacial score (nSPS) is 12.4. The first kappa shape index (κ1) is 11.6. The second-order valence-electron chi connectivity index (χ2n) is 3.23. The topological polar surface area (TPSA) is 29.1 Å². The predicted octanol–water partition coefficient (Wildman–Crippen LogP) is 2.12. The lowest BCUT2D eigenvalue weighted by atomic mass is 10.2. The van der Waals surface area contributed by atoms with Crippen LogP contribution in [0.25, 0.3) is 0 Å². The Bertz CT molecular complexity index is 272. The minimum absolute atomic E-state index is 0.0871. The minimum Gasteiger partial charge on any atom is -0.353 e. The van der Waals surface area contributed by atoms with Crippen LogP contribution in [0.15, 0.2) is 17.5 Å². The van der Waals surface area contributed by atoms with E-state index in [0.29, 0.717) is 12.2 Å². The molecule has 0 saturated carbocycles. The van der Waals surface area contributed by atoms with Crippen LogP contribution >= 0.6 is 24.0 Å². The number of nitrogens with one attached hydrogen (secondary N) is 1. The van der Waals surface area contributed by atoms with Gasteiger partial charge < -0.3 is 5.32 Å². The molecule has 0 aliphatic heterocycles. The van der Waals surface area contributed by atoms with Crippen LogP contribution in [0.5, 0.6) is 0 Å². The smallest absolute Gasteiger partial charge is 0.221 e. The maximum absolute atomic E-state index is 11.2. The molecule has 14 heavy (non-hydrogen) atoms. The molecule has 0 aromatic carbocycles. The largest absolute Gasteiger partial charge is 0.353 e. The SMILES string of the molecule is CC(Cc1cccs1)NC(=O)CCS.